The van der Waals surface area contributed by atoms with Gasteiger partial charge in [0, 0.05) is 26.1 Å². The summed E-state index contributed by atoms with van der Waals surface area (Å²) in [6.45, 7) is 0. The van der Waals surface area contributed by atoms with Gasteiger partial charge in [0.15, 0.2) is 0 Å². The Hall–Kier alpha value is -2.80. The topological polar surface area (TPSA) is 52.0 Å². The van der Waals surface area contributed by atoms with Gasteiger partial charge in [-0.25, -0.2) is 4.68 Å². The molecular weight excluding hydrogens is 439 g/mol. The summed E-state index contributed by atoms with van der Waals surface area (Å²) in [6.07, 6.45) is 1.25. The Morgan fingerprint density at radius 3 is 2.67 bits per heavy atom. The largest absolute Gasteiger partial charge is 0.480 e. The van der Waals surface area contributed by atoms with Crippen molar-refractivity contribution in [3.8, 4) is 5.75 Å². The molecule has 0 bridgehead atoms. The molecule has 2 atom stereocenters. The SMILES string of the molecule is Clc1ccc([C@H]2Oc3ccc(Cl)cc3C3=C2[C@H](c2cccs2)n2ncnc2N3)cc1. The smallest absolute Gasteiger partial charge is 0.226 e. The van der Waals surface area contributed by atoms with Crippen LogP contribution in [0.2, 0.25) is 10.0 Å². The van der Waals surface area contributed by atoms with Gasteiger partial charge in [-0.3, -0.25) is 0 Å². The lowest BCUT2D eigenvalue weighted by atomic mass is 9.87. The summed E-state index contributed by atoms with van der Waals surface area (Å²) < 4.78 is 8.45. The number of aromatic nitrogens is 3. The fraction of sp³-hybridized carbons (Fsp3) is 0.0909. The number of thiophene rings is 1. The second-order valence-electron chi connectivity index (χ2n) is 7.09. The Kier molecular flexibility index (Phi) is 4.13. The van der Waals surface area contributed by atoms with Crippen molar-refractivity contribution >= 4 is 46.2 Å². The minimum Gasteiger partial charge on any atom is -0.480 e. The van der Waals surface area contributed by atoms with Crippen molar-refractivity contribution in [2.24, 2.45) is 0 Å². The molecule has 4 heterocycles. The third-order valence-electron chi connectivity index (χ3n) is 5.36. The van der Waals surface area contributed by atoms with Crippen LogP contribution in [0.15, 0.2) is 71.9 Å². The van der Waals surface area contributed by atoms with Crippen molar-refractivity contribution in [3.63, 3.8) is 0 Å². The molecular formula is C22H14Cl2N4OS. The quantitative estimate of drug-likeness (QED) is 0.392. The average Bonchev–Trinajstić information content (AvgIpc) is 3.44. The molecule has 6 rings (SSSR count). The number of hydrogen-bond donors (Lipinski definition) is 1. The van der Waals surface area contributed by atoms with Crippen LogP contribution in [-0.4, -0.2) is 14.8 Å². The number of anilines is 1. The number of halogens is 2. The molecule has 5 nitrogen and oxygen atoms in total. The first kappa shape index (κ1) is 18.0. The summed E-state index contributed by atoms with van der Waals surface area (Å²) in [5.41, 5.74) is 3.95. The maximum atomic E-state index is 6.55. The van der Waals surface area contributed by atoms with Crippen molar-refractivity contribution in [2.45, 2.75) is 12.1 Å². The highest BCUT2D eigenvalue weighted by Crippen LogP contribution is 2.51. The van der Waals surface area contributed by atoms with E-state index in [9.17, 15) is 0 Å². The molecule has 30 heavy (non-hydrogen) atoms. The summed E-state index contributed by atoms with van der Waals surface area (Å²) in [7, 11) is 0. The van der Waals surface area contributed by atoms with E-state index in [2.05, 4.69) is 26.8 Å². The zero-order valence-corrected chi connectivity index (χ0v) is 17.7. The van der Waals surface area contributed by atoms with Crippen LogP contribution in [0.3, 0.4) is 0 Å². The van der Waals surface area contributed by atoms with Crippen LogP contribution < -0.4 is 10.1 Å². The molecule has 2 aromatic carbocycles. The Bertz CT molecular complexity index is 1280. The molecule has 0 unspecified atom stereocenters. The first-order valence-electron chi connectivity index (χ1n) is 9.35. The summed E-state index contributed by atoms with van der Waals surface area (Å²) in [4.78, 5) is 5.59. The van der Waals surface area contributed by atoms with Gasteiger partial charge in [-0.05, 0) is 47.3 Å². The van der Waals surface area contributed by atoms with Crippen LogP contribution in [0.1, 0.15) is 28.1 Å². The van der Waals surface area contributed by atoms with Crippen molar-refractivity contribution < 1.29 is 4.74 Å². The molecule has 2 aromatic heterocycles. The van der Waals surface area contributed by atoms with E-state index in [1.807, 2.05) is 53.2 Å². The second kappa shape index (κ2) is 6.87. The zero-order chi connectivity index (χ0) is 20.2. The van der Waals surface area contributed by atoms with Gasteiger partial charge >= 0.3 is 0 Å². The van der Waals surface area contributed by atoms with E-state index in [1.54, 1.807) is 17.7 Å². The zero-order valence-electron chi connectivity index (χ0n) is 15.4. The van der Waals surface area contributed by atoms with Crippen LogP contribution in [-0.2, 0) is 0 Å². The van der Waals surface area contributed by atoms with Crippen LogP contribution in [0.4, 0.5) is 5.95 Å². The number of hydrogen-bond acceptors (Lipinski definition) is 5. The Balaban J connectivity index is 1.63. The fourth-order valence-corrected chi connectivity index (χ4v) is 5.20. The van der Waals surface area contributed by atoms with Crippen LogP contribution in [0.5, 0.6) is 5.75 Å². The molecule has 0 radical (unpaired) electrons. The predicted octanol–water partition coefficient (Wildman–Crippen LogP) is 6.21. The van der Waals surface area contributed by atoms with Crippen molar-refractivity contribution in [3.05, 3.63) is 97.9 Å². The Labute approximate surface area is 186 Å². The van der Waals surface area contributed by atoms with Crippen LogP contribution in [0, 0.1) is 0 Å². The molecule has 4 aromatic rings. The predicted molar refractivity (Wildman–Crippen MR) is 119 cm³/mol. The van der Waals surface area contributed by atoms with E-state index in [0.717, 1.165) is 33.0 Å². The van der Waals surface area contributed by atoms with E-state index in [0.29, 0.717) is 16.0 Å². The normalized spacial score (nSPS) is 19.4. The Morgan fingerprint density at radius 1 is 1.03 bits per heavy atom. The standard InChI is InChI=1S/C22H14Cl2N4OS/c23-13-5-3-12(4-6-13)21-18-19(15-10-14(24)7-8-16(15)29-21)27-22-25-11-26-28(22)20(18)17-2-1-9-30-17/h1-11,20-21H,(H,25,26,27)/t20-,21+/m0/s1. The van der Waals surface area contributed by atoms with Crippen molar-refractivity contribution in [1.82, 2.24) is 14.8 Å². The summed E-state index contributed by atoms with van der Waals surface area (Å²) in [5, 5.41) is 11.4. The average molecular weight is 453 g/mol. The summed E-state index contributed by atoms with van der Waals surface area (Å²) in [6, 6.07) is 17.5. The molecule has 0 spiro atoms. The number of ether oxygens (including phenoxy) is 1. The van der Waals surface area contributed by atoms with Gasteiger partial charge in [-0.2, -0.15) is 10.1 Å². The molecule has 8 heteroatoms. The maximum Gasteiger partial charge on any atom is 0.226 e. The van der Waals surface area contributed by atoms with Gasteiger partial charge in [0.25, 0.3) is 0 Å². The second-order valence-corrected chi connectivity index (χ2v) is 8.94. The molecule has 0 saturated heterocycles. The van der Waals surface area contributed by atoms with Crippen molar-refractivity contribution in [1.29, 1.82) is 0 Å². The molecule has 2 aliphatic heterocycles. The van der Waals surface area contributed by atoms with Gasteiger partial charge in [0.1, 0.15) is 24.2 Å². The molecule has 0 aliphatic carbocycles. The van der Waals surface area contributed by atoms with E-state index in [1.165, 1.54) is 0 Å². The van der Waals surface area contributed by atoms with Gasteiger partial charge in [0.2, 0.25) is 5.95 Å². The molecule has 1 N–H and O–H groups in total. The monoisotopic (exact) mass is 452 g/mol. The van der Waals surface area contributed by atoms with E-state index >= 15 is 0 Å². The highest BCUT2D eigenvalue weighted by Gasteiger charge is 2.41. The number of fused-ring (bicyclic) bond motifs is 3. The first-order valence-corrected chi connectivity index (χ1v) is 11.0. The van der Waals surface area contributed by atoms with Gasteiger partial charge in [-0.15, -0.1) is 11.3 Å². The minimum atomic E-state index is -0.317. The first-order chi connectivity index (χ1) is 14.7. The third kappa shape index (κ3) is 2.75. The highest BCUT2D eigenvalue weighted by atomic mass is 35.5. The van der Waals surface area contributed by atoms with Gasteiger partial charge in [-0.1, -0.05) is 41.4 Å². The molecule has 2 aliphatic rings. The maximum absolute atomic E-state index is 6.55. The Morgan fingerprint density at radius 2 is 1.87 bits per heavy atom. The summed E-state index contributed by atoms with van der Waals surface area (Å²) >= 11 is 14.2. The number of rotatable bonds is 2. The lowest BCUT2D eigenvalue weighted by Crippen LogP contribution is -2.32. The van der Waals surface area contributed by atoms with Gasteiger partial charge in [0.05, 0.1) is 5.70 Å². The van der Waals surface area contributed by atoms with E-state index in [-0.39, 0.29) is 12.1 Å². The number of benzene rings is 2. The van der Waals surface area contributed by atoms with Crippen molar-refractivity contribution in [2.75, 3.05) is 5.32 Å². The third-order valence-corrected chi connectivity index (χ3v) is 6.77. The molecule has 0 amide bonds. The number of nitrogens with one attached hydrogen (secondary N) is 1. The minimum absolute atomic E-state index is 0.147. The van der Waals surface area contributed by atoms with Crippen LogP contribution in [0.25, 0.3) is 5.70 Å². The van der Waals surface area contributed by atoms with Gasteiger partial charge < -0.3 is 10.1 Å². The van der Waals surface area contributed by atoms with E-state index in [4.69, 9.17) is 27.9 Å². The van der Waals surface area contributed by atoms with Crippen LogP contribution >= 0.6 is 34.5 Å². The summed E-state index contributed by atoms with van der Waals surface area (Å²) in [5.74, 6) is 1.46. The number of nitrogens with zero attached hydrogens (tertiary/aromatic N) is 3. The fourth-order valence-electron chi connectivity index (χ4n) is 4.07. The molecule has 0 fully saturated rings. The highest BCUT2D eigenvalue weighted by molar-refractivity contribution is 7.10. The molecule has 148 valence electrons. The van der Waals surface area contributed by atoms with E-state index < -0.39 is 0 Å². The lowest BCUT2D eigenvalue weighted by molar-refractivity contribution is 0.223. The lowest BCUT2D eigenvalue weighted by Gasteiger charge is -2.38. The molecule has 0 saturated carbocycles.